The zero-order valence-electron chi connectivity index (χ0n) is 17.7. The van der Waals surface area contributed by atoms with Crippen LogP contribution < -0.4 is 10.1 Å². The number of hydrogen-bond donors (Lipinski definition) is 1. The zero-order valence-corrected chi connectivity index (χ0v) is 18.5. The first-order valence-corrected chi connectivity index (χ1v) is 11.1. The molecule has 3 rings (SSSR count). The number of benzene rings is 2. The number of nitrogens with zero attached hydrogens (tertiary/aromatic N) is 2. The molecule has 5 nitrogen and oxygen atoms in total. The molecule has 0 fully saturated rings. The Hall–Kier alpha value is -2.53. The molecule has 6 heteroatoms. The highest BCUT2D eigenvalue weighted by molar-refractivity contribution is 6.30. The number of carbonyl (C=O) groups excluding carboxylic acids is 1. The molecule has 0 aliphatic rings. The number of aromatic nitrogens is 2. The molecule has 0 atom stereocenters. The van der Waals surface area contributed by atoms with Crippen LogP contribution in [0.1, 0.15) is 38.9 Å². The number of ether oxygens (including phenoxy) is 1. The highest BCUT2D eigenvalue weighted by Crippen LogP contribution is 2.18. The maximum Gasteiger partial charge on any atom is 0.223 e. The van der Waals surface area contributed by atoms with Crippen molar-refractivity contribution in [3.05, 3.63) is 59.4 Å². The van der Waals surface area contributed by atoms with E-state index in [4.69, 9.17) is 21.3 Å². The molecule has 0 aliphatic heterocycles. The smallest absolute Gasteiger partial charge is 0.223 e. The number of para-hydroxylation sites is 2. The van der Waals surface area contributed by atoms with Gasteiger partial charge in [-0.2, -0.15) is 0 Å². The number of nitrogens with one attached hydrogen (secondary N) is 1. The summed E-state index contributed by atoms with van der Waals surface area (Å²) in [6.45, 7) is 6.13. The first-order chi connectivity index (χ1) is 14.6. The highest BCUT2D eigenvalue weighted by atomic mass is 35.5. The van der Waals surface area contributed by atoms with Crippen LogP contribution in [0.5, 0.6) is 5.75 Å². The Labute approximate surface area is 183 Å². The molecule has 1 amide bonds. The summed E-state index contributed by atoms with van der Waals surface area (Å²) in [6, 6.07) is 15.6. The Balaban J connectivity index is 1.60. The lowest BCUT2D eigenvalue weighted by atomic mass is 10.0. The Kier molecular flexibility index (Phi) is 8.14. The van der Waals surface area contributed by atoms with E-state index in [2.05, 4.69) is 29.8 Å². The van der Waals surface area contributed by atoms with Crippen molar-refractivity contribution in [2.24, 2.45) is 5.92 Å². The van der Waals surface area contributed by atoms with E-state index in [-0.39, 0.29) is 11.8 Å². The van der Waals surface area contributed by atoms with Crippen molar-refractivity contribution in [1.29, 1.82) is 0 Å². The second-order valence-electron chi connectivity index (χ2n) is 7.38. The molecule has 1 heterocycles. The first kappa shape index (κ1) is 22.2. The van der Waals surface area contributed by atoms with Gasteiger partial charge in [0.15, 0.2) is 0 Å². The van der Waals surface area contributed by atoms with Crippen molar-refractivity contribution >= 4 is 28.5 Å². The van der Waals surface area contributed by atoms with Gasteiger partial charge in [-0.05, 0) is 55.7 Å². The third-order valence-corrected chi connectivity index (χ3v) is 5.60. The van der Waals surface area contributed by atoms with Gasteiger partial charge in [0.05, 0.1) is 17.6 Å². The summed E-state index contributed by atoms with van der Waals surface area (Å²) in [6.07, 6.45) is 3.30. The molecule has 2 aromatic carbocycles. The summed E-state index contributed by atoms with van der Waals surface area (Å²) in [5.41, 5.74) is 2.10. The van der Waals surface area contributed by atoms with Crippen LogP contribution in [0, 0.1) is 5.92 Å². The first-order valence-electron chi connectivity index (χ1n) is 10.7. The molecule has 160 valence electrons. The van der Waals surface area contributed by atoms with Gasteiger partial charge in [-0.25, -0.2) is 4.98 Å². The minimum atomic E-state index is 0.0915. The molecule has 0 spiro atoms. The minimum absolute atomic E-state index is 0.0915. The van der Waals surface area contributed by atoms with Crippen LogP contribution in [0.4, 0.5) is 0 Å². The number of hydrogen-bond acceptors (Lipinski definition) is 3. The number of rotatable bonds is 11. The largest absolute Gasteiger partial charge is 0.494 e. The van der Waals surface area contributed by atoms with Crippen molar-refractivity contribution in [3.63, 3.8) is 0 Å². The molecule has 1 aromatic heterocycles. The molecule has 1 N–H and O–H groups in total. The van der Waals surface area contributed by atoms with Gasteiger partial charge in [-0.3, -0.25) is 4.79 Å². The normalized spacial score (nSPS) is 11.2. The topological polar surface area (TPSA) is 56.2 Å². The predicted molar refractivity (Wildman–Crippen MR) is 122 cm³/mol. The average Bonchev–Trinajstić information content (AvgIpc) is 3.11. The van der Waals surface area contributed by atoms with Crippen LogP contribution in [0.3, 0.4) is 0 Å². The van der Waals surface area contributed by atoms with Gasteiger partial charge in [0, 0.05) is 30.5 Å². The summed E-state index contributed by atoms with van der Waals surface area (Å²) in [5.74, 6) is 2.04. The van der Waals surface area contributed by atoms with Gasteiger partial charge in [0.1, 0.15) is 11.6 Å². The number of fused-ring (bicyclic) bond motifs is 1. The van der Waals surface area contributed by atoms with E-state index >= 15 is 0 Å². The fourth-order valence-electron chi connectivity index (χ4n) is 3.61. The molecular weight excluding hydrogens is 398 g/mol. The number of aryl methyl sites for hydroxylation is 1. The average molecular weight is 428 g/mol. The van der Waals surface area contributed by atoms with Gasteiger partial charge in [-0.1, -0.05) is 37.6 Å². The molecular formula is C24H30ClN3O2. The fraction of sp³-hybridized carbons (Fsp3) is 0.417. The molecule has 0 unspecified atom stereocenters. The standard InChI is InChI=1S/C24H30ClN3O2/c1-3-18(4-2)24(29)26-15-14-23-27-21-8-5-6-9-22(21)28(23)16-7-17-30-20-12-10-19(25)11-13-20/h5-6,8-13,18H,3-4,7,14-17H2,1-2H3,(H,26,29). The predicted octanol–water partition coefficient (Wildman–Crippen LogP) is 5.25. The summed E-state index contributed by atoms with van der Waals surface area (Å²) in [4.78, 5) is 17.1. The SMILES string of the molecule is CCC(CC)C(=O)NCCc1nc2ccccc2n1CCCOc1ccc(Cl)cc1. The number of carbonyl (C=O) groups is 1. The lowest BCUT2D eigenvalue weighted by Crippen LogP contribution is -2.32. The maximum atomic E-state index is 12.3. The van der Waals surface area contributed by atoms with Gasteiger partial charge in [0.2, 0.25) is 5.91 Å². The maximum absolute atomic E-state index is 12.3. The van der Waals surface area contributed by atoms with Gasteiger partial charge < -0.3 is 14.6 Å². The Bertz CT molecular complexity index is 949. The van der Waals surface area contributed by atoms with Crippen molar-refractivity contribution in [2.75, 3.05) is 13.2 Å². The van der Waals surface area contributed by atoms with Crippen molar-refractivity contribution < 1.29 is 9.53 Å². The summed E-state index contributed by atoms with van der Waals surface area (Å²) >= 11 is 5.92. The minimum Gasteiger partial charge on any atom is -0.494 e. The molecule has 0 saturated heterocycles. The Morgan fingerprint density at radius 1 is 1.13 bits per heavy atom. The monoisotopic (exact) mass is 427 g/mol. The van der Waals surface area contributed by atoms with Crippen LogP contribution in [0.25, 0.3) is 11.0 Å². The van der Waals surface area contributed by atoms with E-state index in [1.807, 2.05) is 42.5 Å². The van der Waals surface area contributed by atoms with Crippen LogP contribution in [0.15, 0.2) is 48.5 Å². The van der Waals surface area contributed by atoms with Crippen LogP contribution in [-0.2, 0) is 17.8 Å². The van der Waals surface area contributed by atoms with E-state index in [9.17, 15) is 4.79 Å². The summed E-state index contributed by atoms with van der Waals surface area (Å²) in [5, 5.41) is 3.77. The van der Waals surface area contributed by atoms with Crippen molar-refractivity contribution in [3.8, 4) is 5.75 Å². The lowest BCUT2D eigenvalue weighted by Gasteiger charge is -2.13. The zero-order chi connectivity index (χ0) is 21.3. The second kappa shape index (κ2) is 11.0. The van der Waals surface area contributed by atoms with E-state index < -0.39 is 0 Å². The molecule has 30 heavy (non-hydrogen) atoms. The third kappa shape index (κ3) is 5.76. The van der Waals surface area contributed by atoms with Gasteiger partial charge >= 0.3 is 0 Å². The van der Waals surface area contributed by atoms with Crippen LogP contribution >= 0.6 is 11.6 Å². The Morgan fingerprint density at radius 2 is 1.87 bits per heavy atom. The van der Waals surface area contributed by atoms with E-state index in [1.54, 1.807) is 0 Å². The van der Waals surface area contributed by atoms with Crippen molar-refractivity contribution in [1.82, 2.24) is 14.9 Å². The van der Waals surface area contributed by atoms with E-state index in [0.29, 0.717) is 24.6 Å². The highest BCUT2D eigenvalue weighted by Gasteiger charge is 2.15. The number of halogens is 1. The fourth-order valence-corrected chi connectivity index (χ4v) is 3.74. The van der Waals surface area contributed by atoms with Crippen molar-refractivity contribution in [2.45, 2.75) is 46.1 Å². The van der Waals surface area contributed by atoms with Crippen LogP contribution in [-0.4, -0.2) is 28.6 Å². The summed E-state index contributed by atoms with van der Waals surface area (Å²) < 4.78 is 8.07. The Morgan fingerprint density at radius 3 is 2.60 bits per heavy atom. The van der Waals surface area contributed by atoms with E-state index in [0.717, 1.165) is 48.4 Å². The second-order valence-corrected chi connectivity index (χ2v) is 7.82. The molecule has 0 radical (unpaired) electrons. The number of amides is 1. The quantitative estimate of drug-likeness (QED) is 0.425. The molecule has 3 aromatic rings. The van der Waals surface area contributed by atoms with E-state index in [1.165, 1.54) is 0 Å². The summed E-state index contributed by atoms with van der Waals surface area (Å²) in [7, 11) is 0. The molecule has 0 bridgehead atoms. The third-order valence-electron chi connectivity index (χ3n) is 5.35. The van der Waals surface area contributed by atoms with Gasteiger partial charge in [-0.15, -0.1) is 0 Å². The molecule has 0 saturated carbocycles. The van der Waals surface area contributed by atoms with Crippen LogP contribution in [0.2, 0.25) is 5.02 Å². The molecule has 0 aliphatic carbocycles. The van der Waals surface area contributed by atoms with Gasteiger partial charge in [0.25, 0.3) is 0 Å². The number of imidazole rings is 1. The lowest BCUT2D eigenvalue weighted by molar-refractivity contribution is -0.125.